The Morgan fingerprint density at radius 3 is 2.67 bits per heavy atom. The van der Waals surface area contributed by atoms with Gasteiger partial charge in [0.25, 0.3) is 0 Å². The van der Waals surface area contributed by atoms with Crippen molar-refractivity contribution in [2.75, 3.05) is 0 Å². The molecule has 0 aromatic heterocycles. The minimum absolute atomic E-state index is 0.125. The number of carbonyl (C=O) groups excluding carboxylic acids is 1. The Balaban J connectivity index is 1.75. The molecule has 0 aromatic carbocycles. The summed E-state index contributed by atoms with van der Waals surface area (Å²) in [5, 5.41) is 6.14. The third-order valence-electron chi connectivity index (χ3n) is 2.47. The van der Waals surface area contributed by atoms with Crippen LogP contribution in [0.15, 0.2) is 0 Å². The number of amides is 1. The van der Waals surface area contributed by atoms with E-state index in [0.29, 0.717) is 6.04 Å². The Morgan fingerprint density at radius 2 is 2.17 bits per heavy atom. The van der Waals surface area contributed by atoms with Gasteiger partial charge < -0.3 is 5.32 Å². The molecular formula is C9H16N2O. The van der Waals surface area contributed by atoms with E-state index < -0.39 is 0 Å². The number of hydrogen-bond donors (Lipinski definition) is 2. The lowest BCUT2D eigenvalue weighted by molar-refractivity contribution is -0.121. The second kappa shape index (κ2) is 2.73. The first-order chi connectivity index (χ1) is 5.68. The van der Waals surface area contributed by atoms with Gasteiger partial charge in [0.05, 0.1) is 0 Å². The highest BCUT2D eigenvalue weighted by Crippen LogP contribution is 2.39. The molecule has 2 atom stereocenters. The Kier molecular flexibility index (Phi) is 1.83. The van der Waals surface area contributed by atoms with Crippen molar-refractivity contribution in [3.63, 3.8) is 0 Å². The van der Waals surface area contributed by atoms with Gasteiger partial charge in [-0.3, -0.25) is 10.1 Å². The molecule has 1 amide bonds. The van der Waals surface area contributed by atoms with Gasteiger partial charge in [-0.1, -0.05) is 0 Å². The lowest BCUT2D eigenvalue weighted by atomic mass is 10.2. The first-order valence-electron chi connectivity index (χ1n) is 4.75. The number of carbonyl (C=O) groups is 1. The summed E-state index contributed by atoms with van der Waals surface area (Å²) >= 11 is 0. The Bertz CT molecular complexity index is 199. The number of hydrogen-bond acceptors (Lipinski definition) is 2. The summed E-state index contributed by atoms with van der Waals surface area (Å²) in [5.41, 5.74) is 0. The lowest BCUT2D eigenvalue weighted by Crippen LogP contribution is -2.35. The Morgan fingerprint density at radius 1 is 1.50 bits per heavy atom. The highest BCUT2D eigenvalue weighted by Gasteiger charge is 2.50. The standard InChI is InChI=1S/C9H16N2O/c1-5(2)10-9(12)8-7(11-8)6-3-4-6/h5-8,11H,3-4H2,1-2H3,(H,10,12)/t7-,8+/m0/s1. The second-order valence-corrected chi connectivity index (χ2v) is 4.17. The summed E-state index contributed by atoms with van der Waals surface area (Å²) in [6.07, 6.45) is 2.62. The third-order valence-corrected chi connectivity index (χ3v) is 2.47. The molecule has 1 heterocycles. The third kappa shape index (κ3) is 1.61. The quantitative estimate of drug-likeness (QED) is 0.594. The molecule has 68 valence electrons. The van der Waals surface area contributed by atoms with Gasteiger partial charge in [0.1, 0.15) is 6.04 Å². The van der Waals surface area contributed by atoms with E-state index in [-0.39, 0.29) is 18.0 Å². The van der Waals surface area contributed by atoms with Crippen LogP contribution >= 0.6 is 0 Å². The van der Waals surface area contributed by atoms with Crippen LogP contribution in [-0.2, 0) is 4.79 Å². The fourth-order valence-corrected chi connectivity index (χ4v) is 1.63. The van der Waals surface area contributed by atoms with Crippen LogP contribution in [0.25, 0.3) is 0 Å². The molecule has 0 spiro atoms. The maximum atomic E-state index is 11.4. The van der Waals surface area contributed by atoms with Gasteiger partial charge in [0.15, 0.2) is 0 Å². The minimum atomic E-state index is 0.125. The SMILES string of the molecule is CC(C)NC(=O)[C@@H]1N[C@H]1C1CC1. The maximum absolute atomic E-state index is 11.4. The topological polar surface area (TPSA) is 51.0 Å². The van der Waals surface area contributed by atoms with Gasteiger partial charge >= 0.3 is 0 Å². The highest BCUT2D eigenvalue weighted by molar-refractivity contribution is 5.86. The molecule has 2 rings (SSSR count). The minimum Gasteiger partial charge on any atom is -0.353 e. The van der Waals surface area contributed by atoms with Crippen LogP contribution in [0, 0.1) is 5.92 Å². The summed E-state index contributed by atoms with van der Waals surface area (Å²) in [4.78, 5) is 11.4. The summed E-state index contributed by atoms with van der Waals surface area (Å²) in [6, 6.07) is 0.892. The van der Waals surface area contributed by atoms with Crippen LogP contribution in [-0.4, -0.2) is 24.0 Å². The maximum Gasteiger partial charge on any atom is 0.238 e. The van der Waals surface area contributed by atoms with E-state index in [1.165, 1.54) is 12.8 Å². The van der Waals surface area contributed by atoms with Crippen LogP contribution in [0.5, 0.6) is 0 Å². The summed E-state index contributed by atoms with van der Waals surface area (Å²) in [6.45, 7) is 3.98. The van der Waals surface area contributed by atoms with Gasteiger partial charge in [0.2, 0.25) is 5.91 Å². The van der Waals surface area contributed by atoms with Gasteiger partial charge in [-0.2, -0.15) is 0 Å². The summed E-state index contributed by atoms with van der Waals surface area (Å²) in [5.74, 6) is 0.981. The first-order valence-corrected chi connectivity index (χ1v) is 4.75. The van der Waals surface area contributed by atoms with Gasteiger partial charge in [-0.25, -0.2) is 0 Å². The van der Waals surface area contributed by atoms with Crippen molar-refractivity contribution < 1.29 is 4.79 Å². The first kappa shape index (κ1) is 8.05. The molecule has 12 heavy (non-hydrogen) atoms. The average molecular weight is 168 g/mol. The van der Waals surface area contributed by atoms with Crippen LogP contribution in [0.1, 0.15) is 26.7 Å². The Labute approximate surface area is 72.9 Å². The zero-order chi connectivity index (χ0) is 8.72. The molecule has 1 aliphatic carbocycles. The van der Waals surface area contributed by atoms with Crippen LogP contribution in [0.4, 0.5) is 0 Å². The summed E-state index contributed by atoms with van der Waals surface area (Å²) < 4.78 is 0. The highest BCUT2D eigenvalue weighted by atomic mass is 16.2. The van der Waals surface area contributed by atoms with Crippen molar-refractivity contribution in [1.82, 2.24) is 10.6 Å². The number of nitrogens with one attached hydrogen (secondary N) is 2. The number of rotatable bonds is 3. The molecule has 1 saturated carbocycles. The van der Waals surface area contributed by atoms with E-state index in [0.717, 1.165) is 5.92 Å². The molecule has 0 aromatic rings. The molecule has 0 bridgehead atoms. The molecule has 0 radical (unpaired) electrons. The van der Waals surface area contributed by atoms with Crippen LogP contribution in [0.3, 0.4) is 0 Å². The van der Waals surface area contributed by atoms with Crippen molar-refractivity contribution in [1.29, 1.82) is 0 Å². The smallest absolute Gasteiger partial charge is 0.238 e. The molecule has 3 heteroatoms. The molecule has 1 aliphatic heterocycles. The molecule has 2 N–H and O–H groups in total. The van der Waals surface area contributed by atoms with E-state index in [1.807, 2.05) is 13.8 Å². The molecule has 2 aliphatic rings. The zero-order valence-electron chi connectivity index (χ0n) is 7.63. The monoisotopic (exact) mass is 168 g/mol. The molecule has 2 fully saturated rings. The Hall–Kier alpha value is -0.570. The normalized spacial score (nSPS) is 33.6. The molecular weight excluding hydrogens is 152 g/mol. The molecule has 1 saturated heterocycles. The fraction of sp³-hybridized carbons (Fsp3) is 0.889. The van der Waals surface area contributed by atoms with E-state index in [9.17, 15) is 4.79 Å². The van der Waals surface area contributed by atoms with Gasteiger partial charge in [-0.05, 0) is 32.6 Å². The van der Waals surface area contributed by atoms with Crippen molar-refractivity contribution >= 4 is 5.91 Å². The van der Waals surface area contributed by atoms with E-state index in [2.05, 4.69) is 10.6 Å². The van der Waals surface area contributed by atoms with Crippen LogP contribution < -0.4 is 10.6 Å². The van der Waals surface area contributed by atoms with Crippen molar-refractivity contribution in [2.45, 2.75) is 44.8 Å². The van der Waals surface area contributed by atoms with E-state index in [1.54, 1.807) is 0 Å². The van der Waals surface area contributed by atoms with E-state index >= 15 is 0 Å². The van der Waals surface area contributed by atoms with Gasteiger partial charge in [-0.15, -0.1) is 0 Å². The predicted molar refractivity (Wildman–Crippen MR) is 46.7 cm³/mol. The predicted octanol–water partition coefficient (Wildman–Crippen LogP) is 0.261. The summed E-state index contributed by atoms with van der Waals surface area (Å²) in [7, 11) is 0. The van der Waals surface area contributed by atoms with Crippen molar-refractivity contribution in [2.24, 2.45) is 5.92 Å². The zero-order valence-corrected chi connectivity index (χ0v) is 7.63. The van der Waals surface area contributed by atoms with Crippen molar-refractivity contribution in [3.05, 3.63) is 0 Å². The van der Waals surface area contributed by atoms with Gasteiger partial charge in [0, 0.05) is 12.1 Å². The van der Waals surface area contributed by atoms with Crippen molar-refractivity contribution in [3.8, 4) is 0 Å². The largest absolute Gasteiger partial charge is 0.353 e. The average Bonchev–Trinajstić information content (AvgIpc) is 2.81. The molecule has 3 nitrogen and oxygen atoms in total. The van der Waals surface area contributed by atoms with Crippen LogP contribution in [0.2, 0.25) is 0 Å². The second-order valence-electron chi connectivity index (χ2n) is 4.17. The molecule has 0 unspecified atom stereocenters. The van der Waals surface area contributed by atoms with E-state index in [4.69, 9.17) is 0 Å². The fourth-order valence-electron chi connectivity index (χ4n) is 1.63. The lowest BCUT2D eigenvalue weighted by Gasteiger charge is -2.06.